The third kappa shape index (κ3) is 2.47. The highest BCUT2D eigenvalue weighted by Crippen LogP contribution is 2.24. The number of Topliss-reactive ketones (excluding diaryl/α,β-unsaturated/α-hetero) is 1. The van der Waals surface area contributed by atoms with Crippen LogP contribution in [0.15, 0.2) is 46.8 Å². The molecule has 1 aromatic carbocycles. The van der Waals surface area contributed by atoms with Gasteiger partial charge in [-0.25, -0.2) is 5.01 Å². The van der Waals surface area contributed by atoms with Crippen LogP contribution in [0.4, 0.5) is 5.69 Å². The number of allylic oxidation sites excluding steroid dienone is 1. The lowest BCUT2D eigenvalue weighted by atomic mass is 10.0. The van der Waals surface area contributed by atoms with Gasteiger partial charge in [-0.05, 0) is 12.1 Å². The molecule has 1 aliphatic heterocycles. The maximum absolute atomic E-state index is 11.8. The lowest BCUT2D eigenvalue weighted by Gasteiger charge is -2.25. The topological polar surface area (TPSA) is 82.5 Å². The van der Waals surface area contributed by atoms with E-state index in [0.717, 1.165) is 5.69 Å². The summed E-state index contributed by atoms with van der Waals surface area (Å²) in [5, 5.41) is 14.8. The number of anilines is 1. The standard InChI is InChI=1S/C14H14N4O/c1-2-13(19)12-8-10(9-15)14(16)18(17-12)11-6-4-3-5-7-11/h3-7H,2,8,16H2,1H3. The maximum Gasteiger partial charge on any atom is 0.178 e. The first-order valence-corrected chi connectivity index (χ1v) is 6.02. The summed E-state index contributed by atoms with van der Waals surface area (Å²) < 4.78 is 0. The Hall–Kier alpha value is -2.61. The molecule has 0 bridgehead atoms. The number of nitrogens with two attached hydrogens (primary N) is 1. The molecule has 0 unspecified atom stereocenters. The van der Waals surface area contributed by atoms with Gasteiger partial charge in [0.25, 0.3) is 0 Å². The Kier molecular flexibility index (Phi) is 3.62. The van der Waals surface area contributed by atoms with E-state index in [1.54, 1.807) is 6.92 Å². The van der Waals surface area contributed by atoms with Crippen LogP contribution >= 0.6 is 0 Å². The molecular formula is C14H14N4O. The molecule has 2 rings (SSSR count). The van der Waals surface area contributed by atoms with E-state index in [-0.39, 0.29) is 18.0 Å². The number of hydrogen-bond donors (Lipinski definition) is 1. The van der Waals surface area contributed by atoms with E-state index in [2.05, 4.69) is 5.10 Å². The molecular weight excluding hydrogens is 240 g/mol. The van der Waals surface area contributed by atoms with Gasteiger partial charge in [-0.1, -0.05) is 25.1 Å². The summed E-state index contributed by atoms with van der Waals surface area (Å²) in [5.41, 5.74) is 7.41. The van der Waals surface area contributed by atoms with Crippen LogP contribution in [0.1, 0.15) is 19.8 Å². The number of nitriles is 1. The van der Waals surface area contributed by atoms with E-state index in [0.29, 0.717) is 17.7 Å². The smallest absolute Gasteiger partial charge is 0.178 e. The highest BCUT2D eigenvalue weighted by Gasteiger charge is 2.24. The Bertz CT molecular complexity index is 596. The van der Waals surface area contributed by atoms with Gasteiger partial charge < -0.3 is 5.73 Å². The fraction of sp³-hybridized carbons (Fsp3) is 0.214. The summed E-state index contributed by atoms with van der Waals surface area (Å²) in [5.74, 6) is 0.211. The fourth-order valence-corrected chi connectivity index (χ4v) is 1.82. The zero-order chi connectivity index (χ0) is 13.8. The number of carbonyl (C=O) groups is 1. The monoisotopic (exact) mass is 254 g/mol. The molecule has 1 aromatic rings. The van der Waals surface area contributed by atoms with Crippen molar-refractivity contribution in [2.75, 3.05) is 5.01 Å². The second kappa shape index (κ2) is 5.36. The normalized spacial score (nSPS) is 14.9. The Morgan fingerprint density at radius 3 is 2.74 bits per heavy atom. The molecule has 0 aliphatic carbocycles. The summed E-state index contributed by atoms with van der Waals surface area (Å²) in [6, 6.07) is 11.3. The fourth-order valence-electron chi connectivity index (χ4n) is 1.82. The quantitative estimate of drug-likeness (QED) is 0.893. The summed E-state index contributed by atoms with van der Waals surface area (Å²) >= 11 is 0. The van der Waals surface area contributed by atoms with Gasteiger partial charge in [0.15, 0.2) is 5.78 Å². The number of nitrogens with zero attached hydrogens (tertiary/aromatic N) is 3. The second-order valence-electron chi connectivity index (χ2n) is 4.12. The van der Waals surface area contributed by atoms with Crippen LogP contribution in [0.25, 0.3) is 0 Å². The number of rotatable bonds is 3. The van der Waals surface area contributed by atoms with E-state index < -0.39 is 0 Å². The van der Waals surface area contributed by atoms with Crippen molar-refractivity contribution >= 4 is 17.2 Å². The van der Waals surface area contributed by atoms with E-state index in [1.807, 2.05) is 36.4 Å². The minimum absolute atomic E-state index is 0.0684. The first kappa shape index (κ1) is 12.8. The molecule has 5 nitrogen and oxygen atoms in total. The summed E-state index contributed by atoms with van der Waals surface area (Å²) in [7, 11) is 0. The molecule has 0 atom stereocenters. The molecule has 0 amide bonds. The summed E-state index contributed by atoms with van der Waals surface area (Å²) in [4.78, 5) is 11.8. The third-order valence-electron chi connectivity index (χ3n) is 2.88. The molecule has 0 aromatic heterocycles. The second-order valence-corrected chi connectivity index (χ2v) is 4.12. The van der Waals surface area contributed by atoms with Crippen molar-refractivity contribution < 1.29 is 4.79 Å². The van der Waals surface area contributed by atoms with Crippen LogP contribution in [-0.2, 0) is 4.79 Å². The molecule has 0 fully saturated rings. The Balaban J connectivity index is 2.46. The van der Waals surface area contributed by atoms with Gasteiger partial charge >= 0.3 is 0 Å². The van der Waals surface area contributed by atoms with Gasteiger partial charge in [0.05, 0.1) is 17.3 Å². The number of para-hydroxylation sites is 1. The zero-order valence-electron chi connectivity index (χ0n) is 10.6. The Morgan fingerprint density at radius 2 is 2.16 bits per heavy atom. The number of benzene rings is 1. The molecule has 0 spiro atoms. The third-order valence-corrected chi connectivity index (χ3v) is 2.88. The van der Waals surface area contributed by atoms with Crippen LogP contribution in [0.5, 0.6) is 0 Å². The highest BCUT2D eigenvalue weighted by molar-refractivity contribution is 6.40. The molecule has 0 radical (unpaired) electrons. The lowest BCUT2D eigenvalue weighted by molar-refractivity contribution is -0.112. The zero-order valence-corrected chi connectivity index (χ0v) is 10.6. The van der Waals surface area contributed by atoms with Crippen molar-refractivity contribution in [3.8, 4) is 6.07 Å². The molecule has 0 saturated carbocycles. The Labute approximate surface area is 111 Å². The predicted molar refractivity (Wildman–Crippen MR) is 73.1 cm³/mol. The van der Waals surface area contributed by atoms with Crippen LogP contribution in [0, 0.1) is 11.3 Å². The first-order chi connectivity index (χ1) is 9.17. The van der Waals surface area contributed by atoms with Gasteiger partial charge in [-0.2, -0.15) is 10.4 Å². The van der Waals surface area contributed by atoms with Gasteiger partial charge in [0, 0.05) is 12.8 Å². The minimum Gasteiger partial charge on any atom is -0.383 e. The van der Waals surface area contributed by atoms with Gasteiger partial charge in [-0.15, -0.1) is 0 Å². The van der Waals surface area contributed by atoms with Crippen LogP contribution in [0.3, 0.4) is 0 Å². The summed E-state index contributed by atoms with van der Waals surface area (Å²) in [6.07, 6.45) is 0.568. The molecule has 1 heterocycles. The predicted octanol–water partition coefficient (Wildman–Crippen LogP) is 1.93. The van der Waals surface area contributed by atoms with E-state index >= 15 is 0 Å². The molecule has 0 saturated heterocycles. The highest BCUT2D eigenvalue weighted by atomic mass is 16.1. The van der Waals surface area contributed by atoms with Crippen LogP contribution < -0.4 is 10.7 Å². The van der Waals surface area contributed by atoms with Crippen molar-refractivity contribution in [3.63, 3.8) is 0 Å². The van der Waals surface area contributed by atoms with Crippen molar-refractivity contribution in [1.29, 1.82) is 5.26 Å². The number of ketones is 1. The largest absolute Gasteiger partial charge is 0.383 e. The molecule has 2 N–H and O–H groups in total. The Morgan fingerprint density at radius 1 is 1.47 bits per heavy atom. The molecule has 5 heteroatoms. The first-order valence-electron chi connectivity index (χ1n) is 6.02. The maximum atomic E-state index is 11.8. The van der Waals surface area contributed by atoms with E-state index in [1.165, 1.54) is 5.01 Å². The average Bonchev–Trinajstić information content (AvgIpc) is 2.47. The SMILES string of the molecule is CCC(=O)C1=NN(c2ccccc2)C(N)=C(C#N)C1. The van der Waals surface area contributed by atoms with Crippen molar-refractivity contribution in [2.45, 2.75) is 19.8 Å². The minimum atomic E-state index is -0.0684. The van der Waals surface area contributed by atoms with Gasteiger partial charge in [0.1, 0.15) is 11.5 Å². The van der Waals surface area contributed by atoms with E-state index in [4.69, 9.17) is 11.0 Å². The van der Waals surface area contributed by atoms with Crippen molar-refractivity contribution in [3.05, 3.63) is 41.7 Å². The molecule has 19 heavy (non-hydrogen) atoms. The van der Waals surface area contributed by atoms with Gasteiger partial charge in [0.2, 0.25) is 0 Å². The molecule has 96 valence electrons. The summed E-state index contributed by atoms with van der Waals surface area (Å²) in [6.45, 7) is 1.77. The van der Waals surface area contributed by atoms with E-state index in [9.17, 15) is 4.79 Å². The van der Waals surface area contributed by atoms with Crippen molar-refractivity contribution in [2.24, 2.45) is 10.8 Å². The van der Waals surface area contributed by atoms with Crippen LogP contribution in [-0.4, -0.2) is 11.5 Å². The number of carbonyl (C=O) groups excluding carboxylic acids is 1. The molecule has 1 aliphatic rings. The average molecular weight is 254 g/mol. The van der Waals surface area contributed by atoms with Crippen molar-refractivity contribution in [1.82, 2.24) is 0 Å². The number of hydrazone groups is 1. The lowest BCUT2D eigenvalue weighted by Crippen LogP contribution is -2.32. The van der Waals surface area contributed by atoms with Crippen LogP contribution in [0.2, 0.25) is 0 Å². The van der Waals surface area contributed by atoms with Gasteiger partial charge in [-0.3, -0.25) is 4.79 Å². The number of hydrogen-bond acceptors (Lipinski definition) is 5.